The van der Waals surface area contributed by atoms with Gasteiger partial charge in [0.05, 0.1) is 17.1 Å². The van der Waals surface area contributed by atoms with E-state index in [0.29, 0.717) is 29.3 Å². The Hall–Kier alpha value is -2.18. The van der Waals surface area contributed by atoms with Crippen LogP contribution >= 0.6 is 0 Å². The molecule has 1 rings (SSSR count). The molecule has 1 amide bonds. The largest absolute Gasteiger partial charge is 0.623 e. The van der Waals surface area contributed by atoms with Gasteiger partial charge < -0.3 is 14.8 Å². The third-order valence-corrected chi connectivity index (χ3v) is 3.40. The minimum Gasteiger partial charge on any atom is -0.623 e. The molecule has 0 aromatic carbocycles. The fourth-order valence-corrected chi connectivity index (χ4v) is 1.60. The number of amides is 1. The first-order valence-corrected chi connectivity index (χ1v) is 7.59. The van der Waals surface area contributed by atoms with Crippen molar-refractivity contribution >= 4 is 12.3 Å². The number of aromatic nitrogens is 2. The Labute approximate surface area is 137 Å². The third-order valence-electron chi connectivity index (χ3n) is 3.40. The van der Waals surface area contributed by atoms with E-state index < -0.39 is 11.6 Å². The molecule has 0 spiro atoms. The molecule has 1 aromatic rings. The molecule has 0 bridgehead atoms. The zero-order valence-corrected chi connectivity index (χ0v) is 15.0. The van der Waals surface area contributed by atoms with Gasteiger partial charge in [0.25, 0.3) is 0 Å². The summed E-state index contributed by atoms with van der Waals surface area (Å²) in [4.78, 5) is 22.0. The number of hydrogen-bond donors (Lipinski definition) is 0. The summed E-state index contributed by atoms with van der Waals surface area (Å²) >= 11 is 0. The molecule has 128 valence electrons. The predicted octanol–water partition coefficient (Wildman–Crippen LogP) is 2.41. The molecule has 0 aliphatic rings. The summed E-state index contributed by atoms with van der Waals surface area (Å²) < 4.78 is 6.05. The number of hydrogen-bond acceptors (Lipinski definition) is 5. The van der Waals surface area contributed by atoms with E-state index in [1.54, 1.807) is 20.9 Å². The van der Waals surface area contributed by atoms with Crippen LogP contribution in [0.25, 0.3) is 0 Å². The number of aryl methyl sites for hydroxylation is 2. The van der Waals surface area contributed by atoms with Crippen LogP contribution in [0.3, 0.4) is 0 Å². The Bertz CT molecular complexity index is 606. The van der Waals surface area contributed by atoms with Gasteiger partial charge in [0, 0.05) is 34.4 Å². The molecule has 1 aromatic heterocycles. The minimum absolute atomic E-state index is 0.0590. The van der Waals surface area contributed by atoms with Gasteiger partial charge in [-0.15, -0.1) is 0 Å². The summed E-state index contributed by atoms with van der Waals surface area (Å²) in [5, 5.41) is 12.0. The minimum atomic E-state index is -0.541. The summed E-state index contributed by atoms with van der Waals surface area (Å²) in [5.74, 6) is 0. The van der Waals surface area contributed by atoms with Crippen molar-refractivity contribution in [2.75, 3.05) is 13.6 Å². The molecule has 0 unspecified atom stereocenters. The van der Waals surface area contributed by atoms with Crippen molar-refractivity contribution in [3.63, 3.8) is 0 Å². The van der Waals surface area contributed by atoms with Crippen molar-refractivity contribution in [3.8, 4) is 0 Å². The van der Waals surface area contributed by atoms with Gasteiger partial charge in [-0.3, -0.25) is 4.98 Å². The molecule has 0 aliphatic carbocycles. The zero-order chi connectivity index (χ0) is 17.8. The Morgan fingerprint density at radius 1 is 1.30 bits per heavy atom. The van der Waals surface area contributed by atoms with Crippen molar-refractivity contribution in [2.24, 2.45) is 0 Å². The number of hydroxylamine groups is 1. The fraction of sp³-hybridized carbons (Fsp3) is 0.625. The monoisotopic (exact) mass is 322 g/mol. The molecule has 0 radical (unpaired) electrons. The number of nitrogens with zero attached hydrogens (tertiary/aromatic N) is 4. The van der Waals surface area contributed by atoms with E-state index in [9.17, 15) is 10.0 Å². The molecule has 1 heterocycles. The lowest BCUT2D eigenvalue weighted by molar-refractivity contribution is -0.530. The molecule has 0 N–H and O–H groups in total. The SMILES string of the molecule is CCN(C)C(=O)OCc1nc(C)c(/C=[N+](\[O-])C(C)(C)C)nc1C. The molecular weight excluding hydrogens is 296 g/mol. The van der Waals surface area contributed by atoms with Crippen molar-refractivity contribution < 1.29 is 14.3 Å². The highest BCUT2D eigenvalue weighted by Gasteiger charge is 2.20. The lowest BCUT2D eigenvalue weighted by Crippen LogP contribution is -2.30. The summed E-state index contributed by atoms with van der Waals surface area (Å²) in [6.07, 6.45) is 1.04. The van der Waals surface area contributed by atoms with Gasteiger partial charge in [0.2, 0.25) is 6.21 Å². The van der Waals surface area contributed by atoms with E-state index >= 15 is 0 Å². The topological polar surface area (TPSA) is 81.4 Å². The summed E-state index contributed by atoms with van der Waals surface area (Å²) in [7, 11) is 1.67. The van der Waals surface area contributed by atoms with Gasteiger partial charge in [-0.25, -0.2) is 14.5 Å². The van der Waals surface area contributed by atoms with Gasteiger partial charge in [-0.1, -0.05) is 0 Å². The quantitative estimate of drug-likeness (QED) is 0.368. The average Bonchev–Trinajstić information content (AvgIpc) is 2.46. The highest BCUT2D eigenvalue weighted by molar-refractivity contribution is 5.74. The summed E-state index contributed by atoms with van der Waals surface area (Å²) in [6.45, 7) is 11.5. The second kappa shape index (κ2) is 7.39. The lowest BCUT2D eigenvalue weighted by Gasteiger charge is -2.19. The van der Waals surface area contributed by atoms with Crippen LogP contribution in [0.2, 0.25) is 0 Å². The van der Waals surface area contributed by atoms with Crippen molar-refractivity contribution in [1.82, 2.24) is 14.9 Å². The first kappa shape index (κ1) is 18.9. The number of carbonyl (C=O) groups excluding carboxylic acids is 1. The Kier molecular flexibility index (Phi) is 6.06. The van der Waals surface area contributed by atoms with Crippen molar-refractivity contribution in [1.29, 1.82) is 0 Å². The zero-order valence-electron chi connectivity index (χ0n) is 15.0. The molecule has 0 saturated carbocycles. The van der Waals surface area contributed by atoms with Gasteiger partial charge in [0.1, 0.15) is 12.3 Å². The molecule has 7 heteroatoms. The van der Waals surface area contributed by atoms with Gasteiger partial charge in [-0.05, 0) is 20.8 Å². The standard InChI is InChI=1S/C16H26N4O3/c1-8-19(7)15(21)23-10-14-12(3)17-13(11(2)18-14)9-20(22)16(4,5)6/h9H,8,10H2,1-7H3/b20-9-. The highest BCUT2D eigenvalue weighted by atomic mass is 16.6. The first-order valence-electron chi connectivity index (χ1n) is 7.59. The maximum Gasteiger partial charge on any atom is 0.409 e. The van der Waals surface area contributed by atoms with E-state index in [1.165, 1.54) is 11.1 Å². The van der Waals surface area contributed by atoms with Crippen molar-refractivity contribution in [2.45, 2.75) is 53.7 Å². The van der Waals surface area contributed by atoms with Crippen LogP contribution in [-0.4, -0.2) is 51.0 Å². The van der Waals surface area contributed by atoms with E-state index in [0.717, 1.165) is 4.74 Å². The van der Waals surface area contributed by atoms with Crippen LogP contribution in [0, 0.1) is 19.1 Å². The number of carbonyl (C=O) groups is 1. The molecule has 7 nitrogen and oxygen atoms in total. The van der Waals surface area contributed by atoms with E-state index in [-0.39, 0.29) is 6.61 Å². The van der Waals surface area contributed by atoms with Crippen LogP contribution in [0.1, 0.15) is 50.5 Å². The average molecular weight is 322 g/mol. The third kappa shape index (κ3) is 5.19. The van der Waals surface area contributed by atoms with E-state index in [1.807, 2.05) is 27.7 Å². The van der Waals surface area contributed by atoms with E-state index in [2.05, 4.69) is 9.97 Å². The second-order valence-electron chi connectivity index (χ2n) is 6.42. The molecule has 0 aliphatic heterocycles. The fourth-order valence-electron chi connectivity index (χ4n) is 1.60. The molecule has 0 saturated heterocycles. The first-order chi connectivity index (χ1) is 10.6. The van der Waals surface area contributed by atoms with Gasteiger partial charge in [0.15, 0.2) is 5.54 Å². The van der Waals surface area contributed by atoms with Crippen LogP contribution in [-0.2, 0) is 11.3 Å². The van der Waals surface area contributed by atoms with Crippen molar-refractivity contribution in [3.05, 3.63) is 28.0 Å². The summed E-state index contributed by atoms with van der Waals surface area (Å²) in [6, 6.07) is 0. The van der Waals surface area contributed by atoms with Crippen LogP contribution in [0.15, 0.2) is 0 Å². The number of ether oxygens (including phenoxy) is 1. The Morgan fingerprint density at radius 3 is 2.43 bits per heavy atom. The highest BCUT2D eigenvalue weighted by Crippen LogP contribution is 2.11. The normalized spacial score (nSPS) is 12.2. The van der Waals surface area contributed by atoms with Crippen LogP contribution in [0.4, 0.5) is 4.79 Å². The number of rotatable bonds is 4. The van der Waals surface area contributed by atoms with Gasteiger partial charge >= 0.3 is 6.09 Å². The maximum atomic E-state index is 12.0. The maximum absolute atomic E-state index is 12.0. The van der Waals surface area contributed by atoms with Crippen LogP contribution in [0.5, 0.6) is 0 Å². The van der Waals surface area contributed by atoms with Crippen LogP contribution < -0.4 is 0 Å². The molecule has 0 atom stereocenters. The molecular formula is C16H26N4O3. The second-order valence-corrected chi connectivity index (χ2v) is 6.42. The smallest absolute Gasteiger partial charge is 0.409 e. The summed E-state index contributed by atoms with van der Waals surface area (Å²) in [5.41, 5.74) is 1.83. The lowest BCUT2D eigenvalue weighted by atomic mass is 10.1. The molecule has 0 fully saturated rings. The molecule has 23 heavy (non-hydrogen) atoms. The predicted molar refractivity (Wildman–Crippen MR) is 88.5 cm³/mol. The van der Waals surface area contributed by atoms with Gasteiger partial charge in [-0.2, -0.15) is 0 Å². The Morgan fingerprint density at radius 2 is 1.91 bits per heavy atom. The van der Waals surface area contributed by atoms with E-state index in [4.69, 9.17) is 4.74 Å². The Balaban J connectivity index is 2.96.